The number of hydrogen-bond donors (Lipinski definition) is 1. The van der Waals surface area contributed by atoms with E-state index < -0.39 is 12.0 Å². The Labute approximate surface area is 118 Å². The molecule has 2 fully saturated rings. The Hall–Kier alpha value is -1.74. The molecular formula is C14H20N2O4. The standard InChI is InChI=1S/C14H20N2O4/c1-3-6-15(8-10-4-5-10)14(19)16-9-11(20-2)7-12(16)13(17)18/h1,10-12H,4-9H2,2H3,(H,17,18). The predicted molar refractivity (Wildman–Crippen MR) is 72.1 cm³/mol. The van der Waals surface area contributed by atoms with Crippen molar-refractivity contribution in [2.45, 2.75) is 31.4 Å². The summed E-state index contributed by atoms with van der Waals surface area (Å²) in [6.07, 6.45) is 7.62. The summed E-state index contributed by atoms with van der Waals surface area (Å²) in [5, 5.41) is 9.24. The molecule has 2 amide bonds. The Morgan fingerprint density at radius 3 is 2.70 bits per heavy atom. The molecule has 1 heterocycles. The van der Waals surface area contributed by atoms with Crippen molar-refractivity contribution >= 4 is 12.0 Å². The van der Waals surface area contributed by atoms with Crippen LogP contribution in [0.2, 0.25) is 0 Å². The first-order chi connectivity index (χ1) is 9.56. The van der Waals surface area contributed by atoms with Crippen molar-refractivity contribution in [1.29, 1.82) is 0 Å². The number of carbonyl (C=O) groups is 2. The maximum Gasteiger partial charge on any atom is 0.326 e. The molecule has 110 valence electrons. The summed E-state index contributed by atoms with van der Waals surface area (Å²) in [7, 11) is 1.53. The third-order valence-electron chi connectivity index (χ3n) is 3.85. The van der Waals surface area contributed by atoms with Gasteiger partial charge in [0.15, 0.2) is 0 Å². The minimum Gasteiger partial charge on any atom is -0.480 e. The monoisotopic (exact) mass is 280 g/mol. The quantitative estimate of drug-likeness (QED) is 0.750. The van der Waals surface area contributed by atoms with Crippen molar-refractivity contribution in [1.82, 2.24) is 9.80 Å². The number of ether oxygens (including phenoxy) is 1. The topological polar surface area (TPSA) is 70.1 Å². The molecule has 0 aromatic rings. The zero-order chi connectivity index (χ0) is 14.7. The highest BCUT2D eigenvalue weighted by Crippen LogP contribution is 2.30. The summed E-state index contributed by atoms with van der Waals surface area (Å²) in [6, 6.07) is -1.12. The lowest BCUT2D eigenvalue weighted by atomic mass is 10.2. The molecule has 20 heavy (non-hydrogen) atoms. The van der Waals surface area contributed by atoms with Gasteiger partial charge < -0.3 is 19.6 Å². The second-order valence-electron chi connectivity index (χ2n) is 5.41. The van der Waals surface area contributed by atoms with E-state index in [4.69, 9.17) is 11.2 Å². The third-order valence-corrected chi connectivity index (χ3v) is 3.85. The Morgan fingerprint density at radius 2 is 2.20 bits per heavy atom. The Morgan fingerprint density at radius 1 is 1.50 bits per heavy atom. The van der Waals surface area contributed by atoms with E-state index in [2.05, 4.69) is 5.92 Å². The number of hydrogen-bond acceptors (Lipinski definition) is 3. The van der Waals surface area contributed by atoms with Crippen LogP contribution >= 0.6 is 0 Å². The summed E-state index contributed by atoms with van der Waals surface area (Å²) in [5.74, 6) is 1.99. The van der Waals surface area contributed by atoms with Crippen molar-refractivity contribution in [3.63, 3.8) is 0 Å². The van der Waals surface area contributed by atoms with Crippen LogP contribution in [-0.4, -0.2) is 65.8 Å². The number of urea groups is 1. The first kappa shape index (κ1) is 14.7. The third kappa shape index (κ3) is 3.23. The molecule has 1 aliphatic carbocycles. The van der Waals surface area contributed by atoms with E-state index in [0.29, 0.717) is 25.4 Å². The summed E-state index contributed by atoms with van der Waals surface area (Å²) in [6.45, 7) is 1.14. The van der Waals surface area contributed by atoms with Crippen molar-refractivity contribution < 1.29 is 19.4 Å². The van der Waals surface area contributed by atoms with Gasteiger partial charge in [-0.05, 0) is 18.8 Å². The van der Waals surface area contributed by atoms with Crippen LogP contribution in [0.4, 0.5) is 4.79 Å². The molecule has 1 saturated heterocycles. The zero-order valence-corrected chi connectivity index (χ0v) is 11.6. The molecule has 1 N–H and O–H groups in total. The van der Waals surface area contributed by atoms with E-state index in [1.165, 1.54) is 12.0 Å². The Kier molecular flexibility index (Phi) is 4.50. The first-order valence-corrected chi connectivity index (χ1v) is 6.81. The lowest BCUT2D eigenvalue weighted by Gasteiger charge is -2.29. The average molecular weight is 280 g/mol. The van der Waals surface area contributed by atoms with Crippen LogP contribution in [0, 0.1) is 18.3 Å². The molecule has 0 aromatic carbocycles. The molecule has 2 unspecified atom stereocenters. The van der Waals surface area contributed by atoms with Crippen LogP contribution in [0.25, 0.3) is 0 Å². The van der Waals surface area contributed by atoms with Gasteiger partial charge in [-0.15, -0.1) is 6.42 Å². The van der Waals surface area contributed by atoms with Gasteiger partial charge in [0.05, 0.1) is 12.6 Å². The largest absolute Gasteiger partial charge is 0.480 e. The van der Waals surface area contributed by atoms with Crippen LogP contribution < -0.4 is 0 Å². The Bertz CT molecular complexity index is 427. The molecule has 0 radical (unpaired) electrons. The molecule has 6 nitrogen and oxygen atoms in total. The number of amides is 2. The molecule has 2 aliphatic rings. The molecule has 0 aromatic heterocycles. The fourth-order valence-electron chi connectivity index (χ4n) is 2.53. The minimum atomic E-state index is -0.995. The number of carboxylic acid groups (broad SMARTS) is 1. The zero-order valence-electron chi connectivity index (χ0n) is 11.6. The molecule has 0 spiro atoms. The van der Waals surface area contributed by atoms with Gasteiger partial charge in [0, 0.05) is 26.6 Å². The second kappa shape index (κ2) is 6.14. The fraction of sp³-hybridized carbons (Fsp3) is 0.714. The molecule has 2 atom stereocenters. The van der Waals surface area contributed by atoms with Crippen molar-refractivity contribution in [2.24, 2.45) is 5.92 Å². The number of aliphatic carboxylic acids is 1. The molecule has 1 aliphatic heterocycles. The van der Waals surface area contributed by atoms with Crippen LogP contribution in [0.5, 0.6) is 0 Å². The highest BCUT2D eigenvalue weighted by molar-refractivity contribution is 5.83. The molecule has 2 rings (SSSR count). The van der Waals surface area contributed by atoms with Gasteiger partial charge in [-0.25, -0.2) is 9.59 Å². The highest BCUT2D eigenvalue weighted by Gasteiger charge is 2.42. The lowest BCUT2D eigenvalue weighted by molar-refractivity contribution is -0.141. The van der Waals surface area contributed by atoms with Crippen LogP contribution in [0.1, 0.15) is 19.3 Å². The van der Waals surface area contributed by atoms with E-state index in [9.17, 15) is 14.7 Å². The first-order valence-electron chi connectivity index (χ1n) is 6.81. The molecule has 1 saturated carbocycles. The van der Waals surface area contributed by atoms with Crippen molar-refractivity contribution in [3.8, 4) is 12.3 Å². The van der Waals surface area contributed by atoms with E-state index in [1.807, 2.05) is 0 Å². The number of methoxy groups -OCH3 is 1. The van der Waals surface area contributed by atoms with Crippen molar-refractivity contribution in [2.75, 3.05) is 26.7 Å². The number of terminal acetylenes is 1. The van der Waals surface area contributed by atoms with Crippen molar-refractivity contribution in [3.05, 3.63) is 0 Å². The highest BCUT2D eigenvalue weighted by atomic mass is 16.5. The second-order valence-corrected chi connectivity index (χ2v) is 5.41. The molecule has 6 heteroatoms. The SMILES string of the molecule is C#CCN(CC1CC1)C(=O)N1CC(OC)CC1C(=O)O. The van der Waals surface area contributed by atoms with Gasteiger partial charge in [-0.1, -0.05) is 5.92 Å². The van der Waals surface area contributed by atoms with Gasteiger partial charge in [0.1, 0.15) is 6.04 Å². The van der Waals surface area contributed by atoms with Gasteiger partial charge in [0.2, 0.25) is 0 Å². The van der Waals surface area contributed by atoms with Crippen LogP contribution in [0.15, 0.2) is 0 Å². The maximum absolute atomic E-state index is 12.5. The predicted octanol–water partition coefficient (Wildman–Crippen LogP) is 0.625. The van der Waals surface area contributed by atoms with E-state index >= 15 is 0 Å². The lowest BCUT2D eigenvalue weighted by Crippen LogP contribution is -2.49. The van der Waals surface area contributed by atoms with Gasteiger partial charge in [-0.2, -0.15) is 0 Å². The fourth-order valence-corrected chi connectivity index (χ4v) is 2.53. The summed E-state index contributed by atoms with van der Waals surface area (Å²) in [4.78, 5) is 26.7. The van der Waals surface area contributed by atoms with Gasteiger partial charge in [0.25, 0.3) is 0 Å². The number of carboxylic acids is 1. The summed E-state index contributed by atoms with van der Waals surface area (Å²) in [5.41, 5.74) is 0. The number of nitrogens with zero attached hydrogens (tertiary/aromatic N) is 2. The smallest absolute Gasteiger partial charge is 0.326 e. The molecular weight excluding hydrogens is 260 g/mol. The summed E-state index contributed by atoms with van der Waals surface area (Å²) >= 11 is 0. The maximum atomic E-state index is 12.5. The Balaban J connectivity index is 2.07. The van der Waals surface area contributed by atoms with E-state index in [-0.39, 0.29) is 18.7 Å². The summed E-state index contributed by atoms with van der Waals surface area (Å²) < 4.78 is 5.19. The van der Waals surface area contributed by atoms with E-state index in [1.54, 1.807) is 4.90 Å². The molecule has 0 bridgehead atoms. The van der Waals surface area contributed by atoms with Crippen LogP contribution in [0.3, 0.4) is 0 Å². The number of carbonyl (C=O) groups excluding carboxylic acids is 1. The number of likely N-dealkylation sites (tertiary alicyclic amines) is 1. The van der Waals surface area contributed by atoms with Crippen LogP contribution in [-0.2, 0) is 9.53 Å². The number of rotatable bonds is 5. The van der Waals surface area contributed by atoms with Gasteiger partial charge >= 0.3 is 12.0 Å². The average Bonchev–Trinajstić information content (AvgIpc) is 3.12. The van der Waals surface area contributed by atoms with Gasteiger partial charge in [-0.3, -0.25) is 0 Å². The van der Waals surface area contributed by atoms with E-state index in [0.717, 1.165) is 12.8 Å². The normalized spacial score (nSPS) is 25.3. The minimum absolute atomic E-state index is 0.218.